The van der Waals surface area contributed by atoms with Crippen LogP contribution in [0.1, 0.15) is 23.2 Å². The van der Waals surface area contributed by atoms with Gasteiger partial charge in [-0.05, 0) is 31.8 Å². The third-order valence-electron chi connectivity index (χ3n) is 3.42. The molecule has 0 saturated carbocycles. The molecule has 1 N–H and O–H groups in total. The lowest BCUT2D eigenvalue weighted by atomic mass is 10.1. The maximum Gasteiger partial charge on any atom is 0.232 e. The summed E-state index contributed by atoms with van der Waals surface area (Å²) in [6.45, 7) is 2.32. The summed E-state index contributed by atoms with van der Waals surface area (Å²) in [5.41, 5.74) is 1.43. The monoisotopic (exact) mass is 300 g/mol. The first kappa shape index (κ1) is 15.9. The molecule has 116 valence electrons. The number of nitriles is 1. The van der Waals surface area contributed by atoms with Crippen LogP contribution in [0.2, 0.25) is 0 Å². The van der Waals surface area contributed by atoms with E-state index < -0.39 is 0 Å². The molecule has 6 nitrogen and oxygen atoms in total. The zero-order valence-electron chi connectivity index (χ0n) is 13.3. The van der Waals surface area contributed by atoms with E-state index in [2.05, 4.69) is 15.2 Å². The largest absolute Gasteiger partial charge is 0.497 e. The van der Waals surface area contributed by atoms with Crippen LogP contribution in [0.4, 0.5) is 5.88 Å². The van der Waals surface area contributed by atoms with Crippen LogP contribution >= 0.6 is 0 Å². The van der Waals surface area contributed by atoms with E-state index in [9.17, 15) is 0 Å². The minimum Gasteiger partial charge on any atom is -0.497 e. The van der Waals surface area contributed by atoms with Crippen LogP contribution in [0, 0.1) is 18.3 Å². The summed E-state index contributed by atoms with van der Waals surface area (Å²) in [5.74, 6) is 1.72. The maximum atomic E-state index is 9.04. The summed E-state index contributed by atoms with van der Waals surface area (Å²) in [5, 5.41) is 12.2. The van der Waals surface area contributed by atoms with Gasteiger partial charge in [0.25, 0.3) is 0 Å². The molecule has 0 saturated heterocycles. The molecule has 0 aliphatic heterocycles. The Morgan fingerprint density at radius 1 is 1.36 bits per heavy atom. The fraction of sp³-hybridized carbons (Fsp3) is 0.375. The van der Waals surface area contributed by atoms with Gasteiger partial charge in [0.05, 0.1) is 13.2 Å². The van der Waals surface area contributed by atoms with Gasteiger partial charge in [-0.25, -0.2) is 4.98 Å². The summed E-state index contributed by atoms with van der Waals surface area (Å²) < 4.78 is 10.6. The van der Waals surface area contributed by atoms with E-state index in [-0.39, 0.29) is 11.7 Å². The van der Waals surface area contributed by atoms with E-state index in [0.29, 0.717) is 18.3 Å². The lowest BCUT2D eigenvalue weighted by Crippen LogP contribution is -2.26. The number of rotatable bonds is 6. The SMILES string of the molecule is COc1ccc([C@@H](CNc2oc(C)nc2C#N)N(C)C)cc1. The third-order valence-corrected chi connectivity index (χ3v) is 3.42. The highest BCUT2D eigenvalue weighted by atomic mass is 16.5. The third kappa shape index (κ3) is 3.57. The first-order valence-electron chi connectivity index (χ1n) is 6.97. The minimum absolute atomic E-state index is 0.128. The molecule has 0 unspecified atom stereocenters. The molecule has 0 radical (unpaired) electrons. The standard InChI is InChI=1S/C16H20N4O2/c1-11-19-14(9-17)16(22-11)18-10-15(20(2)3)12-5-7-13(21-4)8-6-12/h5-8,15,18H,10H2,1-4H3/t15-/m1/s1. The molecule has 0 bridgehead atoms. The van der Waals surface area contributed by atoms with Gasteiger partial charge in [-0.2, -0.15) is 5.26 Å². The molecule has 22 heavy (non-hydrogen) atoms. The molecule has 1 atom stereocenters. The van der Waals surface area contributed by atoms with Crippen molar-refractivity contribution in [2.24, 2.45) is 0 Å². The van der Waals surface area contributed by atoms with Crippen LogP contribution in [0.25, 0.3) is 0 Å². The summed E-state index contributed by atoms with van der Waals surface area (Å²) in [6.07, 6.45) is 0. The molecule has 1 heterocycles. The number of oxazole rings is 1. The second kappa shape index (κ2) is 6.96. The Bertz CT molecular complexity index is 656. The van der Waals surface area contributed by atoms with Gasteiger partial charge in [0.1, 0.15) is 11.8 Å². The van der Waals surface area contributed by atoms with Gasteiger partial charge in [0.15, 0.2) is 5.89 Å². The normalized spacial score (nSPS) is 12.0. The topological polar surface area (TPSA) is 74.3 Å². The van der Waals surface area contributed by atoms with Gasteiger partial charge < -0.3 is 19.4 Å². The highest BCUT2D eigenvalue weighted by Gasteiger charge is 2.17. The fourth-order valence-electron chi connectivity index (χ4n) is 2.24. The number of aromatic nitrogens is 1. The molecule has 0 amide bonds. The Morgan fingerprint density at radius 3 is 2.59 bits per heavy atom. The number of likely N-dealkylation sites (N-methyl/N-ethyl adjacent to an activating group) is 1. The number of nitrogens with one attached hydrogen (secondary N) is 1. The average Bonchev–Trinajstić information content (AvgIpc) is 2.88. The molecule has 0 fully saturated rings. The van der Waals surface area contributed by atoms with E-state index >= 15 is 0 Å². The van der Waals surface area contributed by atoms with Gasteiger partial charge in [-0.3, -0.25) is 0 Å². The summed E-state index contributed by atoms with van der Waals surface area (Å²) in [7, 11) is 5.66. The zero-order chi connectivity index (χ0) is 16.1. The maximum absolute atomic E-state index is 9.04. The Kier molecular flexibility index (Phi) is 5.02. The number of methoxy groups -OCH3 is 1. The van der Waals surface area contributed by atoms with Gasteiger partial charge in [-0.15, -0.1) is 0 Å². The highest BCUT2D eigenvalue weighted by Crippen LogP contribution is 2.23. The number of nitrogens with zero attached hydrogens (tertiary/aromatic N) is 3. The Hall–Kier alpha value is -2.52. The van der Waals surface area contributed by atoms with Crippen molar-refractivity contribution in [1.29, 1.82) is 5.26 Å². The zero-order valence-corrected chi connectivity index (χ0v) is 13.3. The van der Waals surface area contributed by atoms with E-state index in [1.165, 1.54) is 0 Å². The average molecular weight is 300 g/mol. The number of aryl methyl sites for hydroxylation is 1. The van der Waals surface area contributed by atoms with Crippen LogP contribution in [0.5, 0.6) is 5.75 Å². The van der Waals surface area contributed by atoms with Gasteiger partial charge in [-0.1, -0.05) is 12.1 Å². The molecule has 1 aromatic heterocycles. The fourth-order valence-corrected chi connectivity index (χ4v) is 2.24. The number of ether oxygens (including phenoxy) is 1. The van der Waals surface area contributed by atoms with Crippen molar-refractivity contribution in [1.82, 2.24) is 9.88 Å². The van der Waals surface area contributed by atoms with E-state index in [1.807, 2.05) is 44.4 Å². The number of hydrogen-bond donors (Lipinski definition) is 1. The molecule has 1 aromatic carbocycles. The van der Waals surface area contributed by atoms with Crippen molar-refractivity contribution in [2.75, 3.05) is 33.1 Å². The summed E-state index contributed by atoms with van der Waals surface area (Å²) >= 11 is 0. The van der Waals surface area contributed by atoms with Crippen molar-refractivity contribution < 1.29 is 9.15 Å². The van der Waals surface area contributed by atoms with Crippen LogP contribution < -0.4 is 10.1 Å². The molecule has 0 aliphatic carbocycles. The van der Waals surface area contributed by atoms with Crippen LogP contribution in [-0.4, -0.2) is 37.6 Å². The van der Waals surface area contributed by atoms with E-state index in [0.717, 1.165) is 11.3 Å². The second-order valence-corrected chi connectivity index (χ2v) is 5.16. The summed E-state index contributed by atoms with van der Waals surface area (Å²) in [4.78, 5) is 6.13. The van der Waals surface area contributed by atoms with Crippen molar-refractivity contribution >= 4 is 5.88 Å². The van der Waals surface area contributed by atoms with Crippen molar-refractivity contribution in [3.63, 3.8) is 0 Å². The lowest BCUT2D eigenvalue weighted by molar-refractivity contribution is 0.310. The Morgan fingerprint density at radius 2 is 2.05 bits per heavy atom. The van der Waals surface area contributed by atoms with Gasteiger partial charge >= 0.3 is 0 Å². The summed E-state index contributed by atoms with van der Waals surface area (Å²) in [6, 6.07) is 10.1. The number of hydrogen-bond acceptors (Lipinski definition) is 6. The molecule has 0 aliphatic rings. The number of benzene rings is 1. The Balaban J connectivity index is 2.13. The minimum atomic E-state index is 0.128. The van der Waals surface area contributed by atoms with E-state index in [4.69, 9.17) is 14.4 Å². The molecule has 6 heteroatoms. The predicted molar refractivity (Wildman–Crippen MR) is 83.9 cm³/mol. The van der Waals surface area contributed by atoms with Gasteiger partial charge in [0, 0.05) is 13.5 Å². The lowest BCUT2D eigenvalue weighted by Gasteiger charge is -2.25. The molecular formula is C16H20N4O2. The van der Waals surface area contributed by atoms with E-state index in [1.54, 1.807) is 14.0 Å². The molecule has 2 rings (SSSR count). The van der Waals surface area contributed by atoms with Crippen LogP contribution in [0.3, 0.4) is 0 Å². The smallest absolute Gasteiger partial charge is 0.232 e. The van der Waals surface area contributed by atoms with Gasteiger partial charge in [0.2, 0.25) is 11.6 Å². The number of anilines is 1. The first-order chi connectivity index (χ1) is 10.5. The predicted octanol–water partition coefficient (Wildman–Crippen LogP) is 2.58. The first-order valence-corrected chi connectivity index (χ1v) is 6.97. The van der Waals surface area contributed by atoms with Crippen molar-refractivity contribution in [2.45, 2.75) is 13.0 Å². The van der Waals surface area contributed by atoms with Crippen LogP contribution in [0.15, 0.2) is 28.7 Å². The Labute approximate surface area is 130 Å². The molecule has 2 aromatic rings. The second-order valence-electron chi connectivity index (χ2n) is 5.16. The quantitative estimate of drug-likeness (QED) is 0.884. The molecule has 0 spiro atoms. The molecular weight excluding hydrogens is 280 g/mol. The van der Waals surface area contributed by atoms with Crippen molar-refractivity contribution in [3.8, 4) is 11.8 Å². The highest BCUT2D eigenvalue weighted by molar-refractivity contribution is 5.45. The van der Waals surface area contributed by atoms with Crippen molar-refractivity contribution in [3.05, 3.63) is 41.4 Å². The van der Waals surface area contributed by atoms with Crippen LogP contribution in [-0.2, 0) is 0 Å².